The van der Waals surface area contributed by atoms with Crippen LogP contribution in [0.3, 0.4) is 0 Å². The second-order valence-electron chi connectivity index (χ2n) is 5.49. The number of hydrogen-bond acceptors (Lipinski definition) is 2. The fourth-order valence-corrected chi connectivity index (χ4v) is 3.27. The predicted octanol–water partition coefficient (Wildman–Crippen LogP) is 1.81. The Balaban J connectivity index is 1.92. The minimum absolute atomic E-state index is 0.214. The van der Waals surface area contributed by atoms with Gasteiger partial charge in [0.25, 0.3) is 5.91 Å². The minimum atomic E-state index is 0.214. The zero-order chi connectivity index (χ0) is 12.5. The molecule has 1 aromatic carbocycles. The summed E-state index contributed by atoms with van der Waals surface area (Å²) in [6.45, 7) is 1.53. The lowest BCUT2D eigenvalue weighted by Crippen LogP contribution is -2.47. The molecule has 0 bridgehead atoms. The zero-order valence-corrected chi connectivity index (χ0v) is 10.6. The molecule has 2 heterocycles. The second-order valence-corrected chi connectivity index (χ2v) is 5.49. The SMILES string of the molecule is NCC1CCC2CCc3ccccc3C(=O)N2C1. The number of carbonyl (C=O) groups excluding carboxylic acids is 1. The summed E-state index contributed by atoms with van der Waals surface area (Å²) < 4.78 is 0. The van der Waals surface area contributed by atoms with Crippen LogP contribution in [0.1, 0.15) is 35.2 Å². The van der Waals surface area contributed by atoms with E-state index in [0.29, 0.717) is 18.5 Å². The van der Waals surface area contributed by atoms with Crippen LogP contribution in [0.4, 0.5) is 0 Å². The Morgan fingerprint density at radius 1 is 1.22 bits per heavy atom. The molecule has 3 rings (SSSR count). The Labute approximate surface area is 108 Å². The monoisotopic (exact) mass is 244 g/mol. The van der Waals surface area contributed by atoms with Gasteiger partial charge < -0.3 is 10.6 Å². The van der Waals surface area contributed by atoms with Crippen LogP contribution in [0.5, 0.6) is 0 Å². The molecule has 1 fully saturated rings. The third-order valence-electron chi connectivity index (χ3n) is 4.39. The molecule has 2 aliphatic heterocycles. The van der Waals surface area contributed by atoms with Crippen LogP contribution in [-0.2, 0) is 6.42 Å². The second kappa shape index (κ2) is 4.73. The molecule has 0 aliphatic carbocycles. The summed E-state index contributed by atoms with van der Waals surface area (Å²) in [5.74, 6) is 0.696. The molecular weight excluding hydrogens is 224 g/mol. The molecule has 0 radical (unpaired) electrons. The van der Waals surface area contributed by atoms with E-state index < -0.39 is 0 Å². The number of piperidine rings is 1. The number of nitrogens with two attached hydrogens (primary N) is 1. The van der Waals surface area contributed by atoms with Crippen molar-refractivity contribution in [3.63, 3.8) is 0 Å². The van der Waals surface area contributed by atoms with E-state index in [-0.39, 0.29) is 5.91 Å². The van der Waals surface area contributed by atoms with Gasteiger partial charge in [0.15, 0.2) is 0 Å². The Kier molecular flexibility index (Phi) is 3.08. The first-order chi connectivity index (χ1) is 8.79. The van der Waals surface area contributed by atoms with Crippen molar-refractivity contribution >= 4 is 5.91 Å². The lowest BCUT2D eigenvalue weighted by molar-refractivity contribution is 0.0541. The summed E-state index contributed by atoms with van der Waals surface area (Å²) in [4.78, 5) is 14.7. The highest BCUT2D eigenvalue weighted by Gasteiger charge is 2.34. The summed E-state index contributed by atoms with van der Waals surface area (Å²) in [6, 6.07) is 8.46. The Bertz CT molecular complexity index is 458. The van der Waals surface area contributed by atoms with Crippen LogP contribution in [0.25, 0.3) is 0 Å². The first-order valence-corrected chi connectivity index (χ1v) is 6.88. The Morgan fingerprint density at radius 3 is 2.89 bits per heavy atom. The van der Waals surface area contributed by atoms with Crippen molar-refractivity contribution in [2.75, 3.05) is 13.1 Å². The molecule has 0 saturated carbocycles. The van der Waals surface area contributed by atoms with Crippen molar-refractivity contribution in [3.05, 3.63) is 35.4 Å². The molecule has 1 aromatic rings. The van der Waals surface area contributed by atoms with E-state index >= 15 is 0 Å². The van der Waals surface area contributed by atoms with Crippen molar-refractivity contribution in [3.8, 4) is 0 Å². The quantitative estimate of drug-likeness (QED) is 0.819. The number of rotatable bonds is 1. The smallest absolute Gasteiger partial charge is 0.254 e. The summed E-state index contributed by atoms with van der Waals surface area (Å²) >= 11 is 0. The fourth-order valence-electron chi connectivity index (χ4n) is 3.27. The van der Waals surface area contributed by atoms with Crippen molar-refractivity contribution < 1.29 is 4.79 Å². The number of hydrogen-bond donors (Lipinski definition) is 1. The molecule has 3 nitrogen and oxygen atoms in total. The van der Waals surface area contributed by atoms with Gasteiger partial charge in [0.1, 0.15) is 0 Å². The highest BCUT2D eigenvalue weighted by Crippen LogP contribution is 2.30. The van der Waals surface area contributed by atoms with Gasteiger partial charge >= 0.3 is 0 Å². The van der Waals surface area contributed by atoms with Crippen LogP contribution in [0, 0.1) is 5.92 Å². The molecule has 2 aliphatic rings. The first-order valence-electron chi connectivity index (χ1n) is 6.88. The lowest BCUT2D eigenvalue weighted by Gasteiger charge is -2.38. The van der Waals surface area contributed by atoms with E-state index in [1.165, 1.54) is 12.0 Å². The summed E-state index contributed by atoms with van der Waals surface area (Å²) in [7, 11) is 0. The molecule has 96 valence electrons. The summed E-state index contributed by atoms with van der Waals surface area (Å²) in [5, 5.41) is 0. The topological polar surface area (TPSA) is 46.3 Å². The molecule has 1 amide bonds. The largest absolute Gasteiger partial charge is 0.335 e. The molecule has 1 saturated heterocycles. The zero-order valence-electron chi connectivity index (χ0n) is 10.6. The maximum Gasteiger partial charge on any atom is 0.254 e. The summed E-state index contributed by atoms with van der Waals surface area (Å²) in [6.07, 6.45) is 4.40. The van der Waals surface area contributed by atoms with Crippen LogP contribution >= 0.6 is 0 Å². The predicted molar refractivity (Wildman–Crippen MR) is 71.4 cm³/mol. The van der Waals surface area contributed by atoms with Gasteiger partial charge in [-0.25, -0.2) is 0 Å². The number of fused-ring (bicyclic) bond motifs is 2. The highest BCUT2D eigenvalue weighted by molar-refractivity contribution is 5.96. The lowest BCUT2D eigenvalue weighted by atomic mass is 9.91. The molecule has 2 N–H and O–H groups in total. The maximum absolute atomic E-state index is 12.6. The van der Waals surface area contributed by atoms with E-state index in [9.17, 15) is 4.79 Å². The van der Waals surface area contributed by atoms with E-state index in [2.05, 4.69) is 11.0 Å². The first kappa shape index (κ1) is 11.7. The number of amides is 1. The van der Waals surface area contributed by atoms with Crippen molar-refractivity contribution in [2.24, 2.45) is 11.7 Å². The molecule has 0 aromatic heterocycles. The van der Waals surface area contributed by atoms with Gasteiger partial charge in [-0.05, 0) is 49.8 Å². The molecule has 3 heteroatoms. The van der Waals surface area contributed by atoms with Crippen LogP contribution in [0.15, 0.2) is 24.3 Å². The molecule has 2 atom stereocenters. The third-order valence-corrected chi connectivity index (χ3v) is 4.39. The van der Waals surface area contributed by atoms with Crippen LogP contribution in [-0.4, -0.2) is 29.9 Å². The molecule has 18 heavy (non-hydrogen) atoms. The van der Waals surface area contributed by atoms with Crippen LogP contribution in [0.2, 0.25) is 0 Å². The number of benzene rings is 1. The van der Waals surface area contributed by atoms with E-state index in [1.807, 2.05) is 18.2 Å². The normalized spacial score (nSPS) is 27.4. The van der Waals surface area contributed by atoms with Gasteiger partial charge in [-0.2, -0.15) is 0 Å². The fraction of sp³-hybridized carbons (Fsp3) is 0.533. The molecule has 2 unspecified atom stereocenters. The Morgan fingerprint density at radius 2 is 2.06 bits per heavy atom. The minimum Gasteiger partial charge on any atom is -0.335 e. The van der Waals surface area contributed by atoms with Gasteiger partial charge in [-0.3, -0.25) is 4.79 Å². The third kappa shape index (κ3) is 1.93. The van der Waals surface area contributed by atoms with Crippen molar-refractivity contribution in [1.82, 2.24) is 4.90 Å². The van der Waals surface area contributed by atoms with Gasteiger partial charge in [-0.15, -0.1) is 0 Å². The van der Waals surface area contributed by atoms with Gasteiger partial charge in [-0.1, -0.05) is 18.2 Å². The number of carbonyl (C=O) groups is 1. The van der Waals surface area contributed by atoms with E-state index in [4.69, 9.17) is 5.73 Å². The van der Waals surface area contributed by atoms with E-state index in [1.54, 1.807) is 0 Å². The standard InChI is InChI=1S/C15H20N2O/c16-9-11-5-7-13-8-6-12-3-1-2-4-14(12)15(18)17(13)10-11/h1-4,11,13H,5-10,16H2. The maximum atomic E-state index is 12.6. The molecular formula is C15H20N2O. The van der Waals surface area contributed by atoms with E-state index in [0.717, 1.165) is 31.4 Å². The van der Waals surface area contributed by atoms with Gasteiger partial charge in [0.05, 0.1) is 0 Å². The average molecular weight is 244 g/mol. The average Bonchev–Trinajstić information content (AvgIpc) is 2.57. The summed E-state index contributed by atoms with van der Waals surface area (Å²) in [5.41, 5.74) is 7.88. The van der Waals surface area contributed by atoms with Gasteiger partial charge in [0.2, 0.25) is 0 Å². The Hall–Kier alpha value is -1.35. The van der Waals surface area contributed by atoms with Crippen molar-refractivity contribution in [2.45, 2.75) is 31.7 Å². The number of nitrogens with zero attached hydrogens (tertiary/aromatic N) is 1. The van der Waals surface area contributed by atoms with Crippen molar-refractivity contribution in [1.29, 1.82) is 0 Å². The highest BCUT2D eigenvalue weighted by atomic mass is 16.2. The molecule has 0 spiro atoms. The van der Waals surface area contributed by atoms with Gasteiger partial charge in [0, 0.05) is 18.2 Å². The van der Waals surface area contributed by atoms with Crippen LogP contribution < -0.4 is 5.73 Å². The number of aryl methyl sites for hydroxylation is 1.